The van der Waals surface area contributed by atoms with Gasteiger partial charge in [0.1, 0.15) is 0 Å². The van der Waals surface area contributed by atoms with E-state index in [0.29, 0.717) is 0 Å². The highest BCUT2D eigenvalue weighted by Gasteiger charge is 2.06. The SMILES string of the molecule is c1ccc(C(=NNc2ccc3ccccc3c2)c2ccccc2)cc1. The van der Waals surface area contributed by atoms with Gasteiger partial charge in [0.25, 0.3) is 0 Å². The molecule has 0 spiro atoms. The van der Waals surface area contributed by atoms with Gasteiger partial charge in [-0.3, -0.25) is 5.43 Å². The molecule has 0 unspecified atom stereocenters. The van der Waals surface area contributed by atoms with Crippen molar-refractivity contribution in [2.75, 3.05) is 5.43 Å². The molecule has 4 aromatic rings. The van der Waals surface area contributed by atoms with Gasteiger partial charge < -0.3 is 0 Å². The van der Waals surface area contributed by atoms with Gasteiger partial charge in [-0.25, -0.2) is 0 Å². The molecule has 0 amide bonds. The fourth-order valence-corrected chi connectivity index (χ4v) is 2.87. The Labute approximate surface area is 147 Å². The lowest BCUT2D eigenvalue weighted by Gasteiger charge is -2.09. The van der Waals surface area contributed by atoms with Gasteiger partial charge in [0.05, 0.1) is 11.4 Å². The van der Waals surface area contributed by atoms with Crippen LogP contribution in [0, 0.1) is 0 Å². The van der Waals surface area contributed by atoms with Gasteiger partial charge in [0, 0.05) is 11.1 Å². The number of hydrazone groups is 1. The lowest BCUT2D eigenvalue weighted by molar-refractivity contribution is 1.33. The maximum atomic E-state index is 4.71. The Morgan fingerprint density at radius 2 is 1.12 bits per heavy atom. The zero-order valence-electron chi connectivity index (χ0n) is 13.8. The van der Waals surface area contributed by atoms with Crippen molar-refractivity contribution < 1.29 is 0 Å². The molecule has 0 bridgehead atoms. The average Bonchev–Trinajstić information content (AvgIpc) is 2.70. The van der Waals surface area contributed by atoms with Crippen LogP contribution in [0.1, 0.15) is 11.1 Å². The van der Waals surface area contributed by atoms with Crippen molar-refractivity contribution in [1.29, 1.82) is 0 Å². The summed E-state index contributed by atoms with van der Waals surface area (Å²) in [6.07, 6.45) is 0. The van der Waals surface area contributed by atoms with Crippen LogP contribution in [0.5, 0.6) is 0 Å². The van der Waals surface area contributed by atoms with Crippen LogP contribution in [0.2, 0.25) is 0 Å². The Hall–Kier alpha value is -3.39. The van der Waals surface area contributed by atoms with E-state index in [1.54, 1.807) is 0 Å². The highest BCUT2D eigenvalue weighted by molar-refractivity contribution is 6.13. The number of fused-ring (bicyclic) bond motifs is 1. The molecule has 0 saturated carbocycles. The molecule has 0 heterocycles. The first kappa shape index (κ1) is 15.2. The molecular formula is C23H18N2. The van der Waals surface area contributed by atoms with E-state index < -0.39 is 0 Å². The molecule has 0 aliphatic heterocycles. The molecule has 0 saturated heterocycles. The van der Waals surface area contributed by atoms with Crippen molar-refractivity contribution in [3.05, 3.63) is 114 Å². The van der Waals surface area contributed by atoms with E-state index in [-0.39, 0.29) is 0 Å². The van der Waals surface area contributed by atoms with E-state index >= 15 is 0 Å². The Morgan fingerprint density at radius 1 is 0.560 bits per heavy atom. The van der Waals surface area contributed by atoms with Gasteiger partial charge in [-0.2, -0.15) is 5.10 Å². The molecule has 0 aromatic heterocycles. The molecule has 120 valence electrons. The molecule has 0 fully saturated rings. The van der Waals surface area contributed by atoms with Crippen molar-refractivity contribution in [2.24, 2.45) is 5.10 Å². The van der Waals surface area contributed by atoms with Gasteiger partial charge in [0.15, 0.2) is 0 Å². The van der Waals surface area contributed by atoms with Crippen molar-refractivity contribution in [1.82, 2.24) is 0 Å². The number of anilines is 1. The maximum absolute atomic E-state index is 4.71. The van der Waals surface area contributed by atoms with Crippen LogP contribution >= 0.6 is 0 Å². The molecule has 0 aliphatic rings. The van der Waals surface area contributed by atoms with Crippen molar-refractivity contribution in [3.8, 4) is 0 Å². The fraction of sp³-hybridized carbons (Fsp3) is 0. The lowest BCUT2D eigenvalue weighted by atomic mass is 10.0. The third-order valence-electron chi connectivity index (χ3n) is 4.14. The van der Waals surface area contributed by atoms with Crippen LogP contribution in [-0.2, 0) is 0 Å². The molecule has 0 aliphatic carbocycles. The molecule has 4 aromatic carbocycles. The smallest absolute Gasteiger partial charge is 0.0977 e. The quantitative estimate of drug-likeness (QED) is 0.378. The Bertz CT molecular complexity index is 964. The Balaban J connectivity index is 1.71. The monoisotopic (exact) mass is 322 g/mol. The fourth-order valence-electron chi connectivity index (χ4n) is 2.87. The normalized spacial score (nSPS) is 10.4. The zero-order valence-corrected chi connectivity index (χ0v) is 13.8. The predicted molar refractivity (Wildman–Crippen MR) is 106 cm³/mol. The first-order valence-corrected chi connectivity index (χ1v) is 8.33. The molecule has 2 heteroatoms. The summed E-state index contributed by atoms with van der Waals surface area (Å²) in [5.41, 5.74) is 7.29. The Kier molecular flexibility index (Phi) is 4.25. The second-order valence-electron chi connectivity index (χ2n) is 5.87. The molecule has 2 nitrogen and oxygen atoms in total. The molecule has 0 radical (unpaired) electrons. The first-order valence-electron chi connectivity index (χ1n) is 8.33. The summed E-state index contributed by atoms with van der Waals surface area (Å²) in [4.78, 5) is 0. The standard InChI is InChI=1S/C23H18N2/c1-3-10-19(11-4-1)23(20-12-5-2-6-13-20)25-24-22-16-15-18-9-7-8-14-21(18)17-22/h1-17,24H. The van der Waals surface area contributed by atoms with Crippen LogP contribution in [0.4, 0.5) is 5.69 Å². The van der Waals surface area contributed by atoms with Crippen LogP contribution < -0.4 is 5.43 Å². The molecule has 0 atom stereocenters. The van der Waals surface area contributed by atoms with E-state index in [9.17, 15) is 0 Å². The molecule has 4 rings (SSSR count). The summed E-state index contributed by atoms with van der Waals surface area (Å²) < 4.78 is 0. The number of hydrogen-bond donors (Lipinski definition) is 1. The number of benzene rings is 4. The Morgan fingerprint density at radius 3 is 1.76 bits per heavy atom. The minimum atomic E-state index is 0.925. The summed E-state index contributed by atoms with van der Waals surface area (Å²) in [5.74, 6) is 0. The summed E-state index contributed by atoms with van der Waals surface area (Å²) >= 11 is 0. The average molecular weight is 322 g/mol. The molecule has 25 heavy (non-hydrogen) atoms. The number of hydrogen-bond acceptors (Lipinski definition) is 2. The van der Waals surface area contributed by atoms with Gasteiger partial charge in [-0.05, 0) is 22.9 Å². The van der Waals surface area contributed by atoms with E-state index in [4.69, 9.17) is 5.10 Å². The van der Waals surface area contributed by atoms with E-state index in [0.717, 1.165) is 22.5 Å². The summed E-state index contributed by atoms with van der Waals surface area (Å²) in [7, 11) is 0. The third kappa shape index (κ3) is 3.43. The summed E-state index contributed by atoms with van der Waals surface area (Å²) in [5, 5.41) is 7.13. The maximum Gasteiger partial charge on any atom is 0.0977 e. The van der Waals surface area contributed by atoms with Crippen LogP contribution in [0.25, 0.3) is 10.8 Å². The predicted octanol–water partition coefficient (Wildman–Crippen LogP) is 5.70. The van der Waals surface area contributed by atoms with E-state index in [1.807, 2.05) is 36.4 Å². The minimum Gasteiger partial charge on any atom is -0.278 e. The molecule has 1 N–H and O–H groups in total. The number of nitrogens with one attached hydrogen (secondary N) is 1. The lowest BCUT2D eigenvalue weighted by Crippen LogP contribution is -2.06. The van der Waals surface area contributed by atoms with Gasteiger partial charge in [0.2, 0.25) is 0 Å². The van der Waals surface area contributed by atoms with Gasteiger partial charge in [-0.15, -0.1) is 0 Å². The second-order valence-corrected chi connectivity index (χ2v) is 5.87. The van der Waals surface area contributed by atoms with Crippen LogP contribution in [0.3, 0.4) is 0 Å². The van der Waals surface area contributed by atoms with Crippen molar-refractivity contribution in [3.63, 3.8) is 0 Å². The highest BCUT2D eigenvalue weighted by Crippen LogP contribution is 2.19. The zero-order chi connectivity index (χ0) is 16.9. The van der Waals surface area contributed by atoms with Gasteiger partial charge in [-0.1, -0.05) is 91.0 Å². The third-order valence-corrected chi connectivity index (χ3v) is 4.14. The van der Waals surface area contributed by atoms with Crippen LogP contribution in [0.15, 0.2) is 108 Å². The summed E-state index contributed by atoms with van der Waals surface area (Å²) in [6.45, 7) is 0. The highest BCUT2D eigenvalue weighted by atomic mass is 15.3. The topological polar surface area (TPSA) is 24.4 Å². The van der Waals surface area contributed by atoms with E-state index in [2.05, 4.69) is 72.2 Å². The van der Waals surface area contributed by atoms with Crippen molar-refractivity contribution >= 4 is 22.2 Å². The number of rotatable bonds is 4. The number of nitrogens with zero attached hydrogens (tertiary/aromatic N) is 1. The van der Waals surface area contributed by atoms with E-state index in [1.165, 1.54) is 10.8 Å². The van der Waals surface area contributed by atoms with Crippen molar-refractivity contribution in [2.45, 2.75) is 0 Å². The largest absolute Gasteiger partial charge is 0.278 e. The molecular weight excluding hydrogens is 304 g/mol. The van der Waals surface area contributed by atoms with Crippen LogP contribution in [-0.4, -0.2) is 5.71 Å². The first-order chi connectivity index (χ1) is 12.4. The van der Waals surface area contributed by atoms with Gasteiger partial charge >= 0.3 is 0 Å². The minimum absolute atomic E-state index is 0.925. The second kappa shape index (κ2) is 7.02. The summed E-state index contributed by atoms with van der Waals surface area (Å²) in [6, 6.07) is 35.1.